The summed E-state index contributed by atoms with van der Waals surface area (Å²) in [5.74, 6) is 1.70. The zero-order valence-electron chi connectivity index (χ0n) is 10.3. The summed E-state index contributed by atoms with van der Waals surface area (Å²) >= 11 is 3.34. The predicted octanol–water partition coefficient (Wildman–Crippen LogP) is 4.10. The van der Waals surface area contributed by atoms with E-state index in [4.69, 9.17) is 0 Å². The lowest BCUT2D eigenvalue weighted by Gasteiger charge is -2.30. The SMILES string of the molecule is CC1CC(C)CC(C(=O)c2ccc(Br)cn2)C1. The Morgan fingerprint density at radius 2 is 1.88 bits per heavy atom. The van der Waals surface area contributed by atoms with Gasteiger partial charge >= 0.3 is 0 Å². The van der Waals surface area contributed by atoms with E-state index in [1.54, 1.807) is 6.20 Å². The van der Waals surface area contributed by atoms with Gasteiger partial charge in [-0.25, -0.2) is 0 Å². The van der Waals surface area contributed by atoms with E-state index in [9.17, 15) is 4.79 Å². The third-order valence-electron chi connectivity index (χ3n) is 3.53. The Morgan fingerprint density at radius 1 is 1.24 bits per heavy atom. The van der Waals surface area contributed by atoms with E-state index < -0.39 is 0 Å². The molecule has 2 unspecified atom stereocenters. The summed E-state index contributed by atoms with van der Waals surface area (Å²) in [5.41, 5.74) is 0.611. The van der Waals surface area contributed by atoms with E-state index >= 15 is 0 Å². The Morgan fingerprint density at radius 3 is 2.41 bits per heavy atom. The highest BCUT2D eigenvalue weighted by molar-refractivity contribution is 9.10. The first-order valence-corrected chi connectivity index (χ1v) is 7.01. The van der Waals surface area contributed by atoms with E-state index in [1.165, 1.54) is 6.42 Å². The number of aromatic nitrogens is 1. The molecule has 0 aromatic carbocycles. The van der Waals surface area contributed by atoms with Crippen molar-refractivity contribution in [3.8, 4) is 0 Å². The molecular formula is C14H18BrNO. The molecule has 92 valence electrons. The molecule has 1 aliphatic rings. The quantitative estimate of drug-likeness (QED) is 0.769. The van der Waals surface area contributed by atoms with Crippen LogP contribution in [0.1, 0.15) is 43.6 Å². The molecule has 1 fully saturated rings. The van der Waals surface area contributed by atoms with Crippen molar-refractivity contribution in [2.75, 3.05) is 0 Å². The Labute approximate surface area is 111 Å². The van der Waals surface area contributed by atoms with Gasteiger partial charge in [-0.05, 0) is 59.2 Å². The van der Waals surface area contributed by atoms with Crippen molar-refractivity contribution < 1.29 is 4.79 Å². The molecule has 0 saturated heterocycles. The van der Waals surface area contributed by atoms with E-state index in [1.807, 2.05) is 12.1 Å². The van der Waals surface area contributed by atoms with Crippen molar-refractivity contribution in [2.24, 2.45) is 17.8 Å². The molecule has 1 aromatic rings. The van der Waals surface area contributed by atoms with Gasteiger partial charge in [0, 0.05) is 16.6 Å². The first-order valence-electron chi connectivity index (χ1n) is 6.22. The fraction of sp³-hybridized carbons (Fsp3) is 0.571. The molecule has 1 aromatic heterocycles. The highest BCUT2D eigenvalue weighted by Gasteiger charge is 2.29. The molecule has 2 rings (SSSR count). The smallest absolute Gasteiger partial charge is 0.184 e. The minimum Gasteiger partial charge on any atom is -0.292 e. The van der Waals surface area contributed by atoms with Crippen molar-refractivity contribution in [3.05, 3.63) is 28.5 Å². The number of carbonyl (C=O) groups excluding carboxylic acids is 1. The van der Waals surface area contributed by atoms with Crippen LogP contribution in [0.4, 0.5) is 0 Å². The van der Waals surface area contributed by atoms with E-state index in [-0.39, 0.29) is 11.7 Å². The molecule has 0 spiro atoms. The first-order chi connectivity index (χ1) is 8.06. The lowest BCUT2D eigenvalue weighted by molar-refractivity contribution is 0.0831. The van der Waals surface area contributed by atoms with Gasteiger partial charge in [0.1, 0.15) is 5.69 Å². The number of nitrogens with zero attached hydrogens (tertiary/aromatic N) is 1. The van der Waals surface area contributed by atoms with Crippen LogP contribution in [0, 0.1) is 17.8 Å². The fourth-order valence-electron chi connectivity index (χ4n) is 2.89. The first kappa shape index (κ1) is 12.7. The van der Waals surface area contributed by atoms with Crippen LogP contribution in [0.15, 0.2) is 22.8 Å². The van der Waals surface area contributed by atoms with Crippen molar-refractivity contribution in [2.45, 2.75) is 33.1 Å². The minimum atomic E-state index is 0.169. The molecule has 0 bridgehead atoms. The van der Waals surface area contributed by atoms with Crippen LogP contribution in [0.2, 0.25) is 0 Å². The van der Waals surface area contributed by atoms with Crippen LogP contribution in [-0.4, -0.2) is 10.8 Å². The number of ketones is 1. The Kier molecular flexibility index (Phi) is 3.97. The number of hydrogen-bond acceptors (Lipinski definition) is 2. The Hall–Kier alpha value is -0.700. The summed E-state index contributed by atoms with van der Waals surface area (Å²) in [5, 5.41) is 0. The van der Waals surface area contributed by atoms with Gasteiger partial charge in [-0.2, -0.15) is 0 Å². The Bertz CT molecular complexity index is 391. The molecule has 0 N–H and O–H groups in total. The maximum Gasteiger partial charge on any atom is 0.184 e. The van der Waals surface area contributed by atoms with Gasteiger partial charge in [0.05, 0.1) is 0 Å². The molecule has 0 radical (unpaired) electrons. The number of halogens is 1. The molecule has 0 amide bonds. The standard InChI is InChI=1S/C14H18BrNO/c1-9-5-10(2)7-11(6-9)14(17)13-4-3-12(15)8-16-13/h3-4,8-11H,5-7H2,1-2H3. The monoisotopic (exact) mass is 295 g/mol. The van der Waals surface area contributed by atoms with Crippen molar-refractivity contribution in [1.82, 2.24) is 4.98 Å². The summed E-state index contributed by atoms with van der Waals surface area (Å²) < 4.78 is 0.916. The maximum absolute atomic E-state index is 12.3. The highest BCUT2D eigenvalue weighted by atomic mass is 79.9. The van der Waals surface area contributed by atoms with Crippen LogP contribution in [-0.2, 0) is 0 Å². The summed E-state index contributed by atoms with van der Waals surface area (Å²) in [6.07, 6.45) is 4.97. The van der Waals surface area contributed by atoms with Gasteiger partial charge in [-0.3, -0.25) is 9.78 Å². The van der Waals surface area contributed by atoms with E-state index in [2.05, 4.69) is 34.8 Å². The predicted molar refractivity (Wildman–Crippen MR) is 71.9 cm³/mol. The third kappa shape index (κ3) is 3.15. The van der Waals surface area contributed by atoms with Gasteiger partial charge in [0.15, 0.2) is 5.78 Å². The summed E-state index contributed by atoms with van der Waals surface area (Å²) in [4.78, 5) is 16.5. The maximum atomic E-state index is 12.3. The Balaban J connectivity index is 2.11. The van der Waals surface area contributed by atoms with Crippen molar-refractivity contribution >= 4 is 21.7 Å². The van der Waals surface area contributed by atoms with Gasteiger partial charge in [-0.15, -0.1) is 0 Å². The second-order valence-electron chi connectivity index (χ2n) is 5.34. The minimum absolute atomic E-state index is 0.169. The molecule has 2 nitrogen and oxygen atoms in total. The average molecular weight is 296 g/mol. The van der Waals surface area contributed by atoms with Crippen LogP contribution in [0.25, 0.3) is 0 Å². The number of carbonyl (C=O) groups is 1. The molecule has 0 aliphatic heterocycles. The van der Waals surface area contributed by atoms with Crippen LogP contribution in [0.5, 0.6) is 0 Å². The van der Waals surface area contributed by atoms with E-state index in [0.717, 1.165) is 17.3 Å². The van der Waals surface area contributed by atoms with Crippen LogP contribution in [0.3, 0.4) is 0 Å². The van der Waals surface area contributed by atoms with E-state index in [0.29, 0.717) is 17.5 Å². The van der Waals surface area contributed by atoms with Gasteiger partial charge in [0.2, 0.25) is 0 Å². The van der Waals surface area contributed by atoms with Crippen LogP contribution < -0.4 is 0 Å². The number of hydrogen-bond donors (Lipinski definition) is 0. The second kappa shape index (κ2) is 5.30. The molecule has 17 heavy (non-hydrogen) atoms. The summed E-state index contributed by atoms with van der Waals surface area (Å²) in [6, 6.07) is 3.70. The number of pyridine rings is 1. The molecular weight excluding hydrogens is 278 g/mol. The number of Topliss-reactive ketones (excluding diaryl/α,β-unsaturated/α-hetero) is 1. The molecule has 1 aliphatic carbocycles. The molecule has 1 saturated carbocycles. The zero-order chi connectivity index (χ0) is 12.4. The summed E-state index contributed by atoms with van der Waals surface area (Å²) in [6.45, 7) is 4.48. The number of rotatable bonds is 2. The molecule has 1 heterocycles. The zero-order valence-corrected chi connectivity index (χ0v) is 11.9. The molecule has 2 atom stereocenters. The van der Waals surface area contributed by atoms with Gasteiger partial charge in [-0.1, -0.05) is 13.8 Å². The lowest BCUT2D eigenvalue weighted by atomic mass is 9.74. The summed E-state index contributed by atoms with van der Waals surface area (Å²) in [7, 11) is 0. The van der Waals surface area contributed by atoms with Crippen LogP contribution >= 0.6 is 15.9 Å². The molecule has 3 heteroatoms. The second-order valence-corrected chi connectivity index (χ2v) is 6.26. The van der Waals surface area contributed by atoms with Gasteiger partial charge < -0.3 is 0 Å². The van der Waals surface area contributed by atoms with Crippen molar-refractivity contribution in [1.29, 1.82) is 0 Å². The largest absolute Gasteiger partial charge is 0.292 e. The lowest BCUT2D eigenvalue weighted by Crippen LogP contribution is -2.26. The topological polar surface area (TPSA) is 30.0 Å². The average Bonchev–Trinajstić information content (AvgIpc) is 2.28. The highest BCUT2D eigenvalue weighted by Crippen LogP contribution is 2.34. The third-order valence-corrected chi connectivity index (χ3v) is 4.00. The normalized spacial score (nSPS) is 29.0. The van der Waals surface area contributed by atoms with Gasteiger partial charge in [0.25, 0.3) is 0 Å². The fourth-order valence-corrected chi connectivity index (χ4v) is 3.13. The van der Waals surface area contributed by atoms with Crippen molar-refractivity contribution in [3.63, 3.8) is 0 Å².